The van der Waals surface area contributed by atoms with Crippen molar-refractivity contribution in [2.45, 2.75) is 6.61 Å². The zero-order valence-corrected chi connectivity index (χ0v) is 20.5. The molecule has 3 aromatic rings. The van der Waals surface area contributed by atoms with Crippen molar-refractivity contribution in [2.75, 3.05) is 12.4 Å². The molecule has 0 spiro atoms. The smallest absolute Gasteiger partial charge is 0.266 e. The van der Waals surface area contributed by atoms with E-state index in [0.29, 0.717) is 39.4 Å². The van der Waals surface area contributed by atoms with Crippen molar-refractivity contribution in [1.82, 2.24) is 0 Å². The van der Waals surface area contributed by atoms with E-state index in [1.807, 2.05) is 30.3 Å². The van der Waals surface area contributed by atoms with Crippen LogP contribution in [0.25, 0.3) is 6.08 Å². The fraction of sp³-hybridized carbons (Fsp3) is 0.0833. The second kappa shape index (κ2) is 11.2. The van der Waals surface area contributed by atoms with Gasteiger partial charge in [-0.25, -0.2) is 0 Å². The average molecular weight is 579 g/mol. The van der Waals surface area contributed by atoms with Crippen molar-refractivity contribution in [1.29, 1.82) is 5.26 Å². The first-order valence-electron chi connectivity index (χ1n) is 9.33. The molecule has 3 aromatic carbocycles. The van der Waals surface area contributed by atoms with E-state index in [-0.39, 0.29) is 5.57 Å². The molecule has 0 heterocycles. The number of amides is 1. The van der Waals surface area contributed by atoms with Gasteiger partial charge in [-0.15, -0.1) is 0 Å². The molecular formula is C24H17Cl2IN2O3. The molecule has 32 heavy (non-hydrogen) atoms. The highest BCUT2D eigenvalue weighted by molar-refractivity contribution is 14.1. The Morgan fingerprint density at radius 1 is 1.12 bits per heavy atom. The van der Waals surface area contributed by atoms with Crippen LogP contribution in [0, 0.1) is 14.9 Å². The van der Waals surface area contributed by atoms with Crippen molar-refractivity contribution in [2.24, 2.45) is 0 Å². The number of anilines is 1. The van der Waals surface area contributed by atoms with Crippen LogP contribution >= 0.6 is 45.8 Å². The molecule has 0 aliphatic heterocycles. The molecule has 0 aromatic heterocycles. The van der Waals surface area contributed by atoms with Gasteiger partial charge in [-0.1, -0.05) is 47.5 Å². The summed E-state index contributed by atoms with van der Waals surface area (Å²) < 4.78 is 12.4. The molecule has 162 valence electrons. The summed E-state index contributed by atoms with van der Waals surface area (Å²) in [4.78, 5) is 12.5. The van der Waals surface area contributed by atoms with Crippen molar-refractivity contribution in [3.8, 4) is 17.6 Å². The third-order valence-corrected chi connectivity index (χ3v) is 5.68. The first-order chi connectivity index (χ1) is 15.4. The molecule has 0 radical (unpaired) electrons. The maximum absolute atomic E-state index is 12.5. The minimum absolute atomic E-state index is 0.115. The Morgan fingerprint density at radius 3 is 2.50 bits per heavy atom. The van der Waals surface area contributed by atoms with Gasteiger partial charge < -0.3 is 14.8 Å². The fourth-order valence-electron chi connectivity index (χ4n) is 2.77. The molecule has 1 N–H and O–H groups in total. The van der Waals surface area contributed by atoms with Crippen LogP contribution < -0.4 is 14.8 Å². The number of hydrogen-bond donors (Lipinski definition) is 1. The summed E-state index contributed by atoms with van der Waals surface area (Å²) >= 11 is 14.7. The Kier molecular flexibility index (Phi) is 8.39. The standard InChI is InChI=1S/C24H17Cl2IN2O3/c1-31-22-12-16(10-17(13-28)24(30)29-21-5-3-2-4-19(21)25)11-20(26)23(22)32-14-15-6-8-18(27)9-7-15/h2-12H,14H2,1H3,(H,29,30)/b17-10+. The number of carbonyl (C=O) groups is 1. The number of methoxy groups -OCH3 is 1. The summed E-state index contributed by atoms with van der Waals surface area (Å²) in [6.45, 7) is 0.311. The van der Waals surface area contributed by atoms with Gasteiger partial charge >= 0.3 is 0 Å². The summed E-state index contributed by atoms with van der Waals surface area (Å²) in [6.07, 6.45) is 1.42. The Bertz CT molecular complexity index is 1200. The lowest BCUT2D eigenvalue weighted by Gasteiger charge is -2.14. The highest BCUT2D eigenvalue weighted by Crippen LogP contribution is 2.37. The largest absolute Gasteiger partial charge is 0.493 e. The lowest BCUT2D eigenvalue weighted by Crippen LogP contribution is -2.13. The van der Waals surface area contributed by atoms with Gasteiger partial charge in [-0.3, -0.25) is 4.79 Å². The van der Waals surface area contributed by atoms with E-state index in [4.69, 9.17) is 32.7 Å². The van der Waals surface area contributed by atoms with Crippen molar-refractivity contribution in [3.05, 3.63) is 91.0 Å². The van der Waals surface area contributed by atoms with E-state index in [1.165, 1.54) is 13.2 Å². The number of rotatable bonds is 7. The average Bonchev–Trinajstić information content (AvgIpc) is 2.79. The molecule has 0 aliphatic rings. The van der Waals surface area contributed by atoms with Gasteiger partial charge in [0.15, 0.2) is 11.5 Å². The van der Waals surface area contributed by atoms with Crippen LogP contribution in [0.4, 0.5) is 5.69 Å². The van der Waals surface area contributed by atoms with Crippen LogP contribution in [0.5, 0.6) is 11.5 Å². The summed E-state index contributed by atoms with van der Waals surface area (Å²) in [5, 5.41) is 12.8. The second-order valence-electron chi connectivity index (χ2n) is 6.55. The first-order valence-corrected chi connectivity index (χ1v) is 11.2. The van der Waals surface area contributed by atoms with Crippen molar-refractivity contribution < 1.29 is 14.3 Å². The number of hydrogen-bond acceptors (Lipinski definition) is 4. The van der Waals surface area contributed by atoms with Crippen LogP contribution in [-0.4, -0.2) is 13.0 Å². The Morgan fingerprint density at radius 2 is 1.84 bits per heavy atom. The summed E-state index contributed by atoms with van der Waals surface area (Å²) in [7, 11) is 1.49. The Hall–Kier alpha value is -2.73. The number of nitriles is 1. The topological polar surface area (TPSA) is 71.3 Å². The van der Waals surface area contributed by atoms with E-state index in [2.05, 4.69) is 27.9 Å². The summed E-state index contributed by atoms with van der Waals surface area (Å²) in [6, 6.07) is 19.8. The third kappa shape index (κ3) is 6.16. The molecular weight excluding hydrogens is 562 g/mol. The lowest BCUT2D eigenvalue weighted by molar-refractivity contribution is -0.112. The van der Waals surface area contributed by atoms with Gasteiger partial charge in [-0.2, -0.15) is 5.26 Å². The van der Waals surface area contributed by atoms with E-state index < -0.39 is 5.91 Å². The molecule has 0 saturated carbocycles. The van der Waals surface area contributed by atoms with Crippen LogP contribution in [0.15, 0.2) is 66.2 Å². The molecule has 0 fully saturated rings. The predicted molar refractivity (Wildman–Crippen MR) is 135 cm³/mol. The number of halogens is 3. The molecule has 8 heteroatoms. The SMILES string of the molecule is COc1cc(/C=C(\C#N)C(=O)Nc2ccccc2Cl)cc(Cl)c1OCc1ccc(I)cc1. The zero-order valence-electron chi connectivity index (χ0n) is 16.9. The van der Waals surface area contributed by atoms with Gasteiger partial charge in [0.1, 0.15) is 18.2 Å². The third-order valence-electron chi connectivity index (χ3n) is 4.35. The number of para-hydroxylation sites is 1. The number of benzene rings is 3. The van der Waals surface area contributed by atoms with E-state index in [1.54, 1.807) is 36.4 Å². The van der Waals surface area contributed by atoms with Gasteiger partial charge in [-0.05, 0) is 76.2 Å². The van der Waals surface area contributed by atoms with Crippen molar-refractivity contribution in [3.63, 3.8) is 0 Å². The number of carbonyl (C=O) groups excluding carboxylic acids is 1. The van der Waals surface area contributed by atoms with Crippen LogP contribution in [0.1, 0.15) is 11.1 Å². The van der Waals surface area contributed by atoms with Gasteiger partial charge in [0.2, 0.25) is 0 Å². The summed E-state index contributed by atoms with van der Waals surface area (Å²) in [5.41, 5.74) is 1.79. The molecule has 0 saturated heterocycles. The summed E-state index contributed by atoms with van der Waals surface area (Å²) in [5.74, 6) is 0.177. The minimum atomic E-state index is -0.588. The molecule has 0 atom stereocenters. The van der Waals surface area contributed by atoms with Crippen LogP contribution in [-0.2, 0) is 11.4 Å². The molecule has 5 nitrogen and oxygen atoms in total. The van der Waals surface area contributed by atoms with E-state index in [0.717, 1.165) is 9.13 Å². The number of ether oxygens (including phenoxy) is 2. The maximum atomic E-state index is 12.5. The molecule has 3 rings (SSSR count). The zero-order chi connectivity index (χ0) is 23.1. The fourth-order valence-corrected chi connectivity index (χ4v) is 3.58. The number of nitrogens with one attached hydrogen (secondary N) is 1. The van der Waals surface area contributed by atoms with E-state index >= 15 is 0 Å². The van der Waals surface area contributed by atoms with Gasteiger partial charge in [0, 0.05) is 3.57 Å². The van der Waals surface area contributed by atoms with Crippen LogP contribution in [0.3, 0.4) is 0 Å². The molecule has 0 unspecified atom stereocenters. The minimum Gasteiger partial charge on any atom is -0.493 e. The highest BCUT2D eigenvalue weighted by Gasteiger charge is 2.15. The van der Waals surface area contributed by atoms with E-state index in [9.17, 15) is 10.1 Å². The van der Waals surface area contributed by atoms with Gasteiger partial charge in [0.05, 0.1) is 22.8 Å². The lowest BCUT2D eigenvalue weighted by atomic mass is 10.1. The first kappa shape index (κ1) is 23.9. The quantitative estimate of drug-likeness (QED) is 0.192. The van der Waals surface area contributed by atoms with Crippen molar-refractivity contribution >= 4 is 63.5 Å². The highest BCUT2D eigenvalue weighted by atomic mass is 127. The maximum Gasteiger partial charge on any atom is 0.266 e. The molecule has 0 bridgehead atoms. The monoisotopic (exact) mass is 578 g/mol. The van der Waals surface area contributed by atoms with Crippen LogP contribution in [0.2, 0.25) is 10.0 Å². The number of nitrogens with zero attached hydrogens (tertiary/aromatic N) is 1. The normalized spacial score (nSPS) is 10.9. The molecule has 1 amide bonds. The predicted octanol–water partition coefficient (Wildman–Crippen LogP) is 6.73. The van der Waals surface area contributed by atoms with Gasteiger partial charge in [0.25, 0.3) is 5.91 Å². The second-order valence-corrected chi connectivity index (χ2v) is 8.61. The Labute approximate surface area is 209 Å². The molecule has 0 aliphatic carbocycles. The Balaban J connectivity index is 1.82.